The minimum absolute atomic E-state index is 0.370. The van der Waals surface area contributed by atoms with Crippen molar-refractivity contribution in [1.82, 2.24) is 9.88 Å². The monoisotopic (exact) mass is 337 g/mol. The van der Waals surface area contributed by atoms with Crippen molar-refractivity contribution in [3.8, 4) is 5.75 Å². The third-order valence-electron chi connectivity index (χ3n) is 4.18. The Hall–Kier alpha value is -3.28. The van der Waals surface area contributed by atoms with Crippen LogP contribution in [0.15, 0.2) is 54.6 Å². The zero-order valence-corrected chi connectivity index (χ0v) is 14.0. The van der Waals surface area contributed by atoms with Gasteiger partial charge in [-0.05, 0) is 29.8 Å². The van der Waals surface area contributed by atoms with E-state index in [1.807, 2.05) is 24.3 Å². The number of nitrogens with zero attached hydrogens (tertiary/aromatic N) is 1. The number of fused-ring (bicyclic) bond motifs is 1. The number of carbonyl (C=O) groups is 2. The molecule has 128 valence electrons. The van der Waals surface area contributed by atoms with E-state index in [0.717, 1.165) is 10.9 Å². The summed E-state index contributed by atoms with van der Waals surface area (Å²) in [6.07, 6.45) is 0. The van der Waals surface area contributed by atoms with Gasteiger partial charge in [-0.2, -0.15) is 0 Å². The molecule has 0 saturated heterocycles. The van der Waals surface area contributed by atoms with E-state index >= 15 is 0 Å². The number of hydrogen-bond acceptors (Lipinski definition) is 3. The SMILES string of the molecule is COc1ccc2c(c1)cc(C(=O)N[C@H](C(N)=O)c1ccccc1)n2C. The lowest BCUT2D eigenvalue weighted by Gasteiger charge is -2.16. The normalized spacial score (nSPS) is 11.9. The van der Waals surface area contributed by atoms with Crippen LogP contribution in [0.1, 0.15) is 22.1 Å². The maximum Gasteiger partial charge on any atom is 0.268 e. The fourth-order valence-corrected chi connectivity index (χ4v) is 2.84. The van der Waals surface area contributed by atoms with E-state index in [1.165, 1.54) is 0 Å². The molecule has 6 heteroatoms. The summed E-state index contributed by atoms with van der Waals surface area (Å²) < 4.78 is 6.99. The van der Waals surface area contributed by atoms with E-state index in [-0.39, 0.29) is 5.91 Å². The largest absolute Gasteiger partial charge is 0.497 e. The lowest BCUT2D eigenvalue weighted by atomic mass is 10.1. The summed E-state index contributed by atoms with van der Waals surface area (Å²) in [6, 6.07) is 15.4. The van der Waals surface area contributed by atoms with Crippen molar-refractivity contribution in [1.29, 1.82) is 0 Å². The molecule has 0 aliphatic carbocycles. The number of benzene rings is 2. The van der Waals surface area contributed by atoms with Gasteiger partial charge in [0, 0.05) is 18.0 Å². The predicted molar refractivity (Wildman–Crippen MR) is 95.3 cm³/mol. The zero-order valence-electron chi connectivity index (χ0n) is 14.0. The molecule has 0 unspecified atom stereocenters. The number of methoxy groups -OCH3 is 1. The topological polar surface area (TPSA) is 86.3 Å². The van der Waals surface area contributed by atoms with Crippen LogP contribution < -0.4 is 15.8 Å². The maximum absolute atomic E-state index is 12.7. The Morgan fingerprint density at radius 3 is 2.48 bits per heavy atom. The summed E-state index contributed by atoms with van der Waals surface area (Å²) in [5.41, 5.74) is 7.44. The highest BCUT2D eigenvalue weighted by molar-refractivity contribution is 6.01. The van der Waals surface area contributed by atoms with Gasteiger partial charge < -0.3 is 20.4 Å². The van der Waals surface area contributed by atoms with Crippen LogP contribution in [-0.4, -0.2) is 23.5 Å². The molecular formula is C19H19N3O3. The zero-order chi connectivity index (χ0) is 18.0. The number of nitrogens with two attached hydrogens (primary N) is 1. The van der Waals surface area contributed by atoms with Crippen LogP contribution in [0.3, 0.4) is 0 Å². The number of nitrogens with one attached hydrogen (secondary N) is 1. The van der Waals surface area contributed by atoms with Crippen LogP contribution in [0.4, 0.5) is 0 Å². The van der Waals surface area contributed by atoms with Gasteiger partial charge in [0.1, 0.15) is 17.5 Å². The summed E-state index contributed by atoms with van der Waals surface area (Å²) in [7, 11) is 3.39. The molecule has 2 amide bonds. The Morgan fingerprint density at radius 1 is 1.12 bits per heavy atom. The standard InChI is InChI=1S/C19H19N3O3/c1-22-15-9-8-14(25-2)10-13(15)11-16(22)19(24)21-17(18(20)23)12-6-4-3-5-7-12/h3-11,17H,1-2H3,(H2,20,23)(H,21,24)/t17-/m0/s1. The molecule has 2 aromatic carbocycles. The van der Waals surface area contributed by atoms with Crippen LogP contribution in [0.25, 0.3) is 10.9 Å². The molecule has 3 aromatic rings. The molecule has 1 heterocycles. The molecule has 0 saturated carbocycles. The fraction of sp³-hybridized carbons (Fsp3) is 0.158. The molecule has 3 rings (SSSR count). The van der Waals surface area contributed by atoms with Crippen LogP contribution in [0.5, 0.6) is 5.75 Å². The van der Waals surface area contributed by atoms with Crippen molar-refractivity contribution >= 4 is 22.7 Å². The molecule has 1 atom stereocenters. The lowest BCUT2D eigenvalue weighted by molar-refractivity contribution is -0.120. The van der Waals surface area contributed by atoms with E-state index in [4.69, 9.17) is 10.5 Å². The third kappa shape index (κ3) is 3.19. The minimum Gasteiger partial charge on any atom is -0.497 e. The van der Waals surface area contributed by atoms with Crippen molar-refractivity contribution in [2.45, 2.75) is 6.04 Å². The molecule has 0 fully saturated rings. The summed E-state index contributed by atoms with van der Waals surface area (Å²) in [4.78, 5) is 24.5. The van der Waals surface area contributed by atoms with Gasteiger partial charge in [-0.3, -0.25) is 9.59 Å². The third-order valence-corrected chi connectivity index (χ3v) is 4.18. The Labute approximate surface area is 145 Å². The lowest BCUT2D eigenvalue weighted by Crippen LogP contribution is -2.38. The first kappa shape index (κ1) is 16.6. The highest BCUT2D eigenvalue weighted by Gasteiger charge is 2.22. The van der Waals surface area contributed by atoms with Gasteiger partial charge in [0.15, 0.2) is 0 Å². The van der Waals surface area contributed by atoms with Crippen molar-refractivity contribution in [2.75, 3.05) is 7.11 Å². The Bertz CT molecular complexity index is 932. The van der Waals surface area contributed by atoms with E-state index in [9.17, 15) is 9.59 Å². The number of aryl methyl sites for hydroxylation is 1. The fourth-order valence-electron chi connectivity index (χ4n) is 2.84. The second kappa shape index (κ2) is 6.68. The second-order valence-electron chi connectivity index (χ2n) is 5.73. The molecule has 0 aliphatic rings. The predicted octanol–water partition coefficient (Wildman–Crippen LogP) is 2.14. The van der Waals surface area contributed by atoms with Crippen molar-refractivity contribution in [3.05, 3.63) is 65.9 Å². The number of aromatic nitrogens is 1. The number of ether oxygens (including phenoxy) is 1. The van der Waals surface area contributed by atoms with E-state index < -0.39 is 11.9 Å². The molecule has 3 N–H and O–H groups in total. The quantitative estimate of drug-likeness (QED) is 0.748. The van der Waals surface area contributed by atoms with Gasteiger partial charge in [-0.1, -0.05) is 30.3 Å². The Kier molecular flexibility index (Phi) is 4.43. The Morgan fingerprint density at radius 2 is 1.84 bits per heavy atom. The molecule has 25 heavy (non-hydrogen) atoms. The number of rotatable bonds is 5. The molecule has 0 spiro atoms. The van der Waals surface area contributed by atoms with Crippen LogP contribution >= 0.6 is 0 Å². The summed E-state index contributed by atoms with van der Waals surface area (Å²) in [5.74, 6) is -0.269. The average Bonchev–Trinajstić information content (AvgIpc) is 2.96. The van der Waals surface area contributed by atoms with E-state index in [1.54, 1.807) is 49.1 Å². The van der Waals surface area contributed by atoms with E-state index in [2.05, 4.69) is 5.32 Å². The maximum atomic E-state index is 12.7. The van der Waals surface area contributed by atoms with Gasteiger partial charge in [-0.15, -0.1) is 0 Å². The van der Waals surface area contributed by atoms with Crippen LogP contribution in [0, 0.1) is 0 Å². The highest BCUT2D eigenvalue weighted by Crippen LogP contribution is 2.24. The van der Waals surface area contributed by atoms with Gasteiger partial charge in [0.2, 0.25) is 5.91 Å². The molecule has 0 bridgehead atoms. The van der Waals surface area contributed by atoms with Gasteiger partial charge in [-0.25, -0.2) is 0 Å². The number of hydrogen-bond donors (Lipinski definition) is 2. The van der Waals surface area contributed by atoms with Gasteiger partial charge in [0.25, 0.3) is 5.91 Å². The summed E-state index contributed by atoms with van der Waals surface area (Å²) >= 11 is 0. The smallest absolute Gasteiger partial charge is 0.268 e. The first-order chi connectivity index (χ1) is 12.0. The molecule has 6 nitrogen and oxygen atoms in total. The summed E-state index contributed by atoms with van der Waals surface area (Å²) in [5, 5.41) is 3.59. The van der Waals surface area contributed by atoms with Gasteiger partial charge in [0.05, 0.1) is 7.11 Å². The molecule has 0 aliphatic heterocycles. The first-order valence-corrected chi connectivity index (χ1v) is 7.80. The van der Waals surface area contributed by atoms with Crippen molar-refractivity contribution in [3.63, 3.8) is 0 Å². The minimum atomic E-state index is -0.888. The number of primary amides is 1. The van der Waals surface area contributed by atoms with Crippen molar-refractivity contribution in [2.24, 2.45) is 12.8 Å². The van der Waals surface area contributed by atoms with Gasteiger partial charge >= 0.3 is 0 Å². The number of carbonyl (C=O) groups excluding carboxylic acids is 2. The van der Waals surface area contributed by atoms with E-state index in [0.29, 0.717) is 17.0 Å². The van der Waals surface area contributed by atoms with Crippen LogP contribution in [-0.2, 0) is 11.8 Å². The molecular weight excluding hydrogens is 318 g/mol. The first-order valence-electron chi connectivity index (χ1n) is 7.80. The molecule has 0 radical (unpaired) electrons. The highest BCUT2D eigenvalue weighted by atomic mass is 16.5. The molecule has 1 aromatic heterocycles. The summed E-state index contributed by atoms with van der Waals surface area (Å²) in [6.45, 7) is 0. The second-order valence-corrected chi connectivity index (χ2v) is 5.73. The average molecular weight is 337 g/mol. The number of amides is 2. The Balaban J connectivity index is 1.93. The van der Waals surface area contributed by atoms with Crippen LogP contribution in [0.2, 0.25) is 0 Å². The van der Waals surface area contributed by atoms with Crippen molar-refractivity contribution < 1.29 is 14.3 Å².